The molecule has 3 fully saturated rings. The van der Waals surface area contributed by atoms with Crippen molar-refractivity contribution in [1.82, 2.24) is 20.5 Å². The summed E-state index contributed by atoms with van der Waals surface area (Å²) in [5, 5.41) is 16.6. The third-order valence-corrected chi connectivity index (χ3v) is 9.13. The number of likely N-dealkylation sites (tertiary alicyclic amines) is 1. The van der Waals surface area contributed by atoms with Gasteiger partial charge in [0.1, 0.15) is 11.9 Å². The van der Waals surface area contributed by atoms with Gasteiger partial charge in [-0.15, -0.1) is 0 Å². The largest absolute Gasteiger partial charge is 0.493 e. The first kappa shape index (κ1) is 28.9. The maximum atomic E-state index is 14.0. The van der Waals surface area contributed by atoms with Gasteiger partial charge in [0.25, 0.3) is 5.91 Å². The van der Waals surface area contributed by atoms with Crippen molar-refractivity contribution in [3.8, 4) is 16.9 Å². The summed E-state index contributed by atoms with van der Waals surface area (Å²) in [7, 11) is 0. The molecule has 42 heavy (non-hydrogen) atoms. The highest BCUT2D eigenvalue weighted by molar-refractivity contribution is 5.98. The highest BCUT2D eigenvalue weighted by Gasteiger charge is 2.45. The monoisotopic (exact) mass is 584 g/mol. The number of rotatable bonds is 2. The number of benzene rings is 1. The van der Waals surface area contributed by atoms with E-state index >= 15 is 0 Å². The molecule has 1 saturated carbocycles. The van der Waals surface area contributed by atoms with Crippen LogP contribution in [0.2, 0.25) is 0 Å². The Labute approximate surface area is 244 Å². The Morgan fingerprint density at radius 1 is 1.00 bits per heavy atom. The molecule has 5 atom stereocenters. The van der Waals surface area contributed by atoms with Gasteiger partial charge in [-0.3, -0.25) is 19.5 Å². The standard InChI is InChI=1S/C31H38F2N4O5/c32-31(33)10-5-22(6-11-31)37-18-21-16-25(37)30(40)35-17-28-26(38)4-2-23(42-28)9-14-41-27-15-20(19-7-12-34-13-8-19)1-3-24(27)29(39)36-21/h1,3,7-8,12-13,15,21-23,25-26,28,38H,2,4-6,9-11,14,16-18H2,(H,35,40)(H,36,39)/t21-,23-,25-,26-,28+/m0/s1. The number of fused-ring (bicyclic) bond motifs is 5. The fraction of sp³-hybridized carbons (Fsp3) is 0.581. The number of nitrogens with one attached hydrogen (secondary N) is 2. The number of hydrogen-bond donors (Lipinski definition) is 3. The highest BCUT2D eigenvalue weighted by Crippen LogP contribution is 2.38. The van der Waals surface area contributed by atoms with E-state index in [9.17, 15) is 23.5 Å². The number of alkyl halides is 2. The molecule has 2 saturated heterocycles. The Kier molecular flexibility index (Phi) is 8.42. The molecule has 4 aliphatic rings. The zero-order valence-electron chi connectivity index (χ0n) is 23.5. The highest BCUT2D eigenvalue weighted by atomic mass is 19.3. The molecule has 0 unspecified atom stereocenters. The summed E-state index contributed by atoms with van der Waals surface area (Å²) in [6.45, 7) is 0.848. The molecule has 3 aliphatic heterocycles. The summed E-state index contributed by atoms with van der Waals surface area (Å²) < 4.78 is 40.3. The fourth-order valence-electron chi connectivity index (χ4n) is 6.76. The van der Waals surface area contributed by atoms with Crippen molar-refractivity contribution in [3.63, 3.8) is 0 Å². The zero-order valence-corrected chi connectivity index (χ0v) is 23.5. The van der Waals surface area contributed by atoms with Gasteiger partial charge >= 0.3 is 0 Å². The molecular formula is C31H38F2N4O5. The van der Waals surface area contributed by atoms with Crippen LogP contribution < -0.4 is 15.4 Å². The number of amides is 2. The second-order valence-corrected chi connectivity index (χ2v) is 12.0. The van der Waals surface area contributed by atoms with Crippen molar-refractivity contribution in [3.05, 3.63) is 48.3 Å². The molecule has 1 aliphatic carbocycles. The van der Waals surface area contributed by atoms with Crippen LogP contribution in [0.5, 0.6) is 5.75 Å². The van der Waals surface area contributed by atoms with Gasteiger partial charge in [-0.1, -0.05) is 6.07 Å². The molecule has 0 spiro atoms. The van der Waals surface area contributed by atoms with E-state index in [-0.39, 0.29) is 62.2 Å². The number of aliphatic hydroxyl groups excluding tert-OH is 1. The van der Waals surface area contributed by atoms with Crippen molar-refractivity contribution in [1.29, 1.82) is 0 Å². The van der Waals surface area contributed by atoms with Crippen LogP contribution in [0, 0.1) is 0 Å². The Balaban J connectivity index is 1.28. The molecule has 226 valence electrons. The van der Waals surface area contributed by atoms with E-state index in [1.54, 1.807) is 18.5 Å². The van der Waals surface area contributed by atoms with Crippen molar-refractivity contribution in [2.45, 2.75) is 93.7 Å². The van der Waals surface area contributed by atoms with Crippen LogP contribution in [-0.4, -0.2) is 88.9 Å². The second kappa shape index (κ2) is 12.2. The van der Waals surface area contributed by atoms with Crippen molar-refractivity contribution in [2.24, 2.45) is 0 Å². The van der Waals surface area contributed by atoms with E-state index in [4.69, 9.17) is 9.47 Å². The number of carbonyl (C=O) groups excluding carboxylic acids is 2. The lowest BCUT2D eigenvalue weighted by molar-refractivity contribution is -0.134. The summed E-state index contributed by atoms with van der Waals surface area (Å²) in [5.41, 5.74) is 2.21. The van der Waals surface area contributed by atoms with Crippen LogP contribution in [0.1, 0.15) is 61.7 Å². The van der Waals surface area contributed by atoms with E-state index in [1.165, 1.54) is 0 Å². The number of nitrogens with zero attached hydrogens (tertiary/aromatic N) is 2. The molecule has 1 aromatic carbocycles. The SMILES string of the molecule is O=C1N[C@H]2C[C@@H](C(=O)NC[C@H]3O[C@H](CCOc4cc(-c5ccncc5)ccc41)CC[C@@H]3O)N(C1CCC(F)(F)CC1)C2. The van der Waals surface area contributed by atoms with Gasteiger partial charge in [0, 0.05) is 56.8 Å². The second-order valence-electron chi connectivity index (χ2n) is 12.0. The van der Waals surface area contributed by atoms with Gasteiger partial charge < -0.3 is 25.2 Å². The maximum Gasteiger partial charge on any atom is 0.255 e. The van der Waals surface area contributed by atoms with Crippen LogP contribution in [-0.2, 0) is 9.53 Å². The predicted molar refractivity (Wildman–Crippen MR) is 150 cm³/mol. The molecule has 2 aromatic rings. The Hall–Kier alpha value is -3.15. The quantitative estimate of drug-likeness (QED) is 0.497. The number of aromatic nitrogens is 1. The van der Waals surface area contributed by atoms with E-state index in [1.807, 2.05) is 29.2 Å². The van der Waals surface area contributed by atoms with Crippen LogP contribution in [0.3, 0.4) is 0 Å². The molecule has 9 nitrogen and oxygen atoms in total. The first-order valence-corrected chi connectivity index (χ1v) is 15.0. The zero-order chi connectivity index (χ0) is 29.3. The van der Waals surface area contributed by atoms with Gasteiger partial charge in [0.2, 0.25) is 11.8 Å². The smallest absolute Gasteiger partial charge is 0.255 e. The first-order chi connectivity index (χ1) is 20.3. The summed E-state index contributed by atoms with van der Waals surface area (Å²) in [6.07, 6.45) is 4.26. The van der Waals surface area contributed by atoms with E-state index < -0.39 is 24.2 Å². The van der Waals surface area contributed by atoms with Crippen molar-refractivity contribution in [2.75, 3.05) is 19.7 Å². The summed E-state index contributed by atoms with van der Waals surface area (Å²) in [4.78, 5) is 33.2. The number of carbonyl (C=O) groups is 2. The fourth-order valence-corrected chi connectivity index (χ4v) is 6.76. The Morgan fingerprint density at radius 3 is 2.57 bits per heavy atom. The number of pyridine rings is 1. The molecule has 3 N–H and O–H groups in total. The maximum absolute atomic E-state index is 14.0. The van der Waals surface area contributed by atoms with Gasteiger partial charge in [-0.2, -0.15) is 0 Å². The lowest BCUT2D eigenvalue weighted by atomic mass is 9.90. The number of ether oxygens (including phenoxy) is 2. The van der Waals surface area contributed by atoms with Crippen molar-refractivity contribution < 1.29 is 33.0 Å². The topological polar surface area (TPSA) is 113 Å². The Morgan fingerprint density at radius 2 is 1.79 bits per heavy atom. The lowest BCUT2D eigenvalue weighted by Crippen LogP contribution is -2.52. The molecular weight excluding hydrogens is 546 g/mol. The number of halogens is 2. The van der Waals surface area contributed by atoms with Crippen LogP contribution in [0.25, 0.3) is 11.1 Å². The summed E-state index contributed by atoms with van der Waals surface area (Å²) >= 11 is 0. The first-order valence-electron chi connectivity index (χ1n) is 15.0. The molecule has 4 heterocycles. The number of hydrogen-bond acceptors (Lipinski definition) is 7. The average molecular weight is 585 g/mol. The molecule has 11 heteroatoms. The molecule has 0 radical (unpaired) electrons. The van der Waals surface area contributed by atoms with Gasteiger partial charge in [0.05, 0.1) is 30.4 Å². The van der Waals surface area contributed by atoms with E-state index in [0.29, 0.717) is 50.1 Å². The van der Waals surface area contributed by atoms with Crippen LogP contribution >= 0.6 is 0 Å². The third kappa shape index (κ3) is 6.43. The van der Waals surface area contributed by atoms with Gasteiger partial charge in [-0.05, 0) is 67.5 Å². The van der Waals surface area contributed by atoms with Crippen molar-refractivity contribution >= 4 is 11.8 Å². The molecule has 4 bridgehead atoms. The van der Waals surface area contributed by atoms with Gasteiger partial charge in [0.15, 0.2) is 0 Å². The average Bonchev–Trinajstić information content (AvgIpc) is 3.40. The lowest BCUT2D eigenvalue weighted by Gasteiger charge is -2.38. The molecule has 6 rings (SSSR count). The summed E-state index contributed by atoms with van der Waals surface area (Å²) in [6, 6.07) is 8.12. The minimum absolute atomic E-state index is 0.152. The van der Waals surface area contributed by atoms with Gasteiger partial charge in [-0.25, -0.2) is 8.78 Å². The minimum atomic E-state index is -2.68. The van der Waals surface area contributed by atoms with E-state index in [0.717, 1.165) is 11.1 Å². The third-order valence-electron chi connectivity index (χ3n) is 9.13. The Bertz CT molecular complexity index is 1270. The number of aliphatic hydroxyl groups is 1. The minimum Gasteiger partial charge on any atom is -0.493 e. The molecule has 1 aromatic heterocycles. The van der Waals surface area contributed by atoms with Crippen LogP contribution in [0.4, 0.5) is 8.78 Å². The predicted octanol–water partition coefficient (Wildman–Crippen LogP) is 3.31. The summed E-state index contributed by atoms with van der Waals surface area (Å²) in [5.74, 6) is -2.78. The normalized spacial score (nSPS) is 31.0. The van der Waals surface area contributed by atoms with E-state index in [2.05, 4.69) is 15.6 Å². The molecule has 2 amide bonds. The van der Waals surface area contributed by atoms with Crippen LogP contribution in [0.15, 0.2) is 42.7 Å².